The Morgan fingerprint density at radius 1 is 1.44 bits per heavy atom. The average molecular weight is 248 g/mol. The zero-order chi connectivity index (χ0) is 12.8. The van der Waals surface area contributed by atoms with Crippen LogP contribution in [0.3, 0.4) is 0 Å². The van der Waals surface area contributed by atoms with E-state index < -0.39 is 0 Å². The summed E-state index contributed by atoms with van der Waals surface area (Å²) in [5.74, 6) is 1.11. The number of hydrogen-bond donors (Lipinski definition) is 2. The SMILES string of the molecule is COc1ccc(CNC(=O)[C@H]2CCCNC2)cc1. The molecule has 1 atom stereocenters. The van der Waals surface area contributed by atoms with E-state index in [2.05, 4.69) is 10.6 Å². The van der Waals surface area contributed by atoms with E-state index in [9.17, 15) is 4.79 Å². The third-order valence-corrected chi connectivity index (χ3v) is 3.29. The Balaban J connectivity index is 1.80. The Labute approximate surface area is 108 Å². The standard InChI is InChI=1S/C14H20N2O2/c1-18-13-6-4-11(5-7-13)9-16-14(17)12-3-2-8-15-10-12/h4-7,12,15H,2-3,8-10H2,1H3,(H,16,17)/t12-/m0/s1. The highest BCUT2D eigenvalue weighted by Gasteiger charge is 2.20. The maximum absolute atomic E-state index is 11.9. The Morgan fingerprint density at radius 2 is 2.22 bits per heavy atom. The molecule has 0 unspecified atom stereocenters. The normalized spacial score (nSPS) is 19.3. The van der Waals surface area contributed by atoms with Crippen LogP contribution in [0.25, 0.3) is 0 Å². The van der Waals surface area contributed by atoms with E-state index in [4.69, 9.17) is 4.74 Å². The summed E-state index contributed by atoms with van der Waals surface area (Å²) in [6.45, 7) is 2.41. The van der Waals surface area contributed by atoms with Crippen molar-refractivity contribution >= 4 is 5.91 Å². The van der Waals surface area contributed by atoms with E-state index >= 15 is 0 Å². The van der Waals surface area contributed by atoms with Gasteiger partial charge in [0.25, 0.3) is 0 Å². The number of nitrogens with one attached hydrogen (secondary N) is 2. The number of rotatable bonds is 4. The van der Waals surface area contributed by atoms with Crippen LogP contribution < -0.4 is 15.4 Å². The average Bonchev–Trinajstić information content (AvgIpc) is 2.46. The number of hydrogen-bond acceptors (Lipinski definition) is 3. The zero-order valence-corrected chi connectivity index (χ0v) is 10.7. The third kappa shape index (κ3) is 3.47. The lowest BCUT2D eigenvalue weighted by Gasteiger charge is -2.21. The summed E-state index contributed by atoms with van der Waals surface area (Å²) < 4.78 is 5.09. The molecular weight excluding hydrogens is 228 g/mol. The van der Waals surface area contributed by atoms with Gasteiger partial charge in [-0.05, 0) is 37.1 Å². The van der Waals surface area contributed by atoms with Crippen molar-refractivity contribution in [3.8, 4) is 5.75 Å². The van der Waals surface area contributed by atoms with Crippen LogP contribution in [0.4, 0.5) is 0 Å². The van der Waals surface area contributed by atoms with Gasteiger partial charge < -0.3 is 15.4 Å². The highest BCUT2D eigenvalue weighted by atomic mass is 16.5. The molecule has 1 fully saturated rings. The minimum Gasteiger partial charge on any atom is -0.497 e. The van der Waals surface area contributed by atoms with Crippen LogP contribution in [0.5, 0.6) is 5.75 Å². The van der Waals surface area contributed by atoms with Crippen LogP contribution in [-0.2, 0) is 11.3 Å². The first kappa shape index (κ1) is 12.9. The van der Waals surface area contributed by atoms with Crippen molar-refractivity contribution in [1.82, 2.24) is 10.6 Å². The molecule has 1 aliphatic rings. The van der Waals surface area contributed by atoms with Crippen molar-refractivity contribution in [2.24, 2.45) is 5.92 Å². The van der Waals surface area contributed by atoms with Gasteiger partial charge in [-0.2, -0.15) is 0 Å². The summed E-state index contributed by atoms with van der Waals surface area (Å²) in [6, 6.07) is 7.75. The van der Waals surface area contributed by atoms with E-state index in [0.29, 0.717) is 6.54 Å². The minimum absolute atomic E-state index is 0.122. The summed E-state index contributed by atoms with van der Waals surface area (Å²) >= 11 is 0. The van der Waals surface area contributed by atoms with Crippen LogP contribution in [0, 0.1) is 5.92 Å². The predicted octanol–water partition coefficient (Wildman–Crippen LogP) is 1.31. The molecule has 0 aromatic heterocycles. The molecule has 2 rings (SSSR count). The molecule has 4 heteroatoms. The lowest BCUT2D eigenvalue weighted by atomic mass is 9.99. The smallest absolute Gasteiger partial charge is 0.224 e. The van der Waals surface area contributed by atoms with Gasteiger partial charge in [0, 0.05) is 13.1 Å². The largest absolute Gasteiger partial charge is 0.497 e. The number of piperidine rings is 1. The van der Waals surface area contributed by atoms with Crippen LogP contribution in [0.15, 0.2) is 24.3 Å². The second kappa shape index (κ2) is 6.40. The van der Waals surface area contributed by atoms with E-state index in [-0.39, 0.29) is 11.8 Å². The van der Waals surface area contributed by atoms with E-state index in [1.54, 1.807) is 7.11 Å². The van der Waals surface area contributed by atoms with Gasteiger partial charge in [0.1, 0.15) is 5.75 Å². The highest BCUT2D eigenvalue weighted by Crippen LogP contribution is 2.12. The maximum Gasteiger partial charge on any atom is 0.224 e. The van der Waals surface area contributed by atoms with Gasteiger partial charge in [0.15, 0.2) is 0 Å². The molecule has 1 amide bonds. The Bertz CT molecular complexity index is 383. The van der Waals surface area contributed by atoms with E-state index in [0.717, 1.165) is 37.2 Å². The Kier molecular flexibility index (Phi) is 4.59. The number of ether oxygens (including phenoxy) is 1. The van der Waals surface area contributed by atoms with Crippen LogP contribution in [-0.4, -0.2) is 26.1 Å². The minimum atomic E-state index is 0.122. The van der Waals surface area contributed by atoms with Gasteiger partial charge in [-0.15, -0.1) is 0 Å². The third-order valence-electron chi connectivity index (χ3n) is 3.29. The summed E-state index contributed by atoms with van der Waals surface area (Å²) in [5.41, 5.74) is 1.09. The van der Waals surface area contributed by atoms with Crippen LogP contribution in [0.2, 0.25) is 0 Å². The Hall–Kier alpha value is -1.55. The number of carbonyl (C=O) groups excluding carboxylic acids is 1. The number of amides is 1. The van der Waals surface area contributed by atoms with Crippen LogP contribution >= 0.6 is 0 Å². The van der Waals surface area contributed by atoms with Crippen molar-refractivity contribution < 1.29 is 9.53 Å². The fraction of sp³-hybridized carbons (Fsp3) is 0.500. The zero-order valence-electron chi connectivity index (χ0n) is 10.7. The van der Waals surface area contributed by atoms with Gasteiger partial charge in [0.05, 0.1) is 13.0 Å². The Morgan fingerprint density at radius 3 is 2.83 bits per heavy atom. The molecule has 4 nitrogen and oxygen atoms in total. The molecule has 0 radical (unpaired) electrons. The first-order valence-electron chi connectivity index (χ1n) is 6.41. The van der Waals surface area contributed by atoms with Crippen LogP contribution in [0.1, 0.15) is 18.4 Å². The second-order valence-electron chi connectivity index (χ2n) is 4.61. The molecular formula is C14H20N2O2. The van der Waals surface area contributed by atoms with E-state index in [1.165, 1.54) is 0 Å². The van der Waals surface area contributed by atoms with Crippen molar-refractivity contribution in [2.45, 2.75) is 19.4 Å². The molecule has 1 aromatic rings. The van der Waals surface area contributed by atoms with E-state index in [1.807, 2.05) is 24.3 Å². The first-order valence-corrected chi connectivity index (χ1v) is 6.41. The topological polar surface area (TPSA) is 50.4 Å². The first-order chi connectivity index (χ1) is 8.79. The molecule has 98 valence electrons. The molecule has 2 N–H and O–H groups in total. The fourth-order valence-electron chi connectivity index (χ4n) is 2.15. The fourth-order valence-corrected chi connectivity index (χ4v) is 2.15. The molecule has 0 aliphatic carbocycles. The lowest BCUT2D eigenvalue weighted by molar-refractivity contribution is -0.125. The molecule has 0 saturated carbocycles. The second-order valence-corrected chi connectivity index (χ2v) is 4.61. The molecule has 0 spiro atoms. The van der Waals surface area contributed by atoms with Gasteiger partial charge in [-0.3, -0.25) is 4.79 Å². The number of benzene rings is 1. The van der Waals surface area contributed by atoms with Gasteiger partial charge in [-0.25, -0.2) is 0 Å². The number of methoxy groups -OCH3 is 1. The van der Waals surface area contributed by atoms with Crippen molar-refractivity contribution in [3.63, 3.8) is 0 Å². The maximum atomic E-state index is 11.9. The summed E-state index contributed by atoms with van der Waals surface area (Å²) in [4.78, 5) is 11.9. The van der Waals surface area contributed by atoms with Crippen molar-refractivity contribution in [3.05, 3.63) is 29.8 Å². The molecule has 1 aliphatic heterocycles. The summed E-state index contributed by atoms with van der Waals surface area (Å²) in [5, 5.41) is 6.24. The number of carbonyl (C=O) groups is 1. The van der Waals surface area contributed by atoms with Gasteiger partial charge >= 0.3 is 0 Å². The van der Waals surface area contributed by atoms with Gasteiger partial charge in [-0.1, -0.05) is 12.1 Å². The van der Waals surface area contributed by atoms with Gasteiger partial charge in [0.2, 0.25) is 5.91 Å². The predicted molar refractivity (Wildman–Crippen MR) is 70.4 cm³/mol. The summed E-state index contributed by atoms with van der Waals surface area (Å²) in [7, 11) is 1.65. The molecule has 18 heavy (non-hydrogen) atoms. The molecule has 0 bridgehead atoms. The monoisotopic (exact) mass is 248 g/mol. The lowest BCUT2D eigenvalue weighted by Crippen LogP contribution is -2.40. The quantitative estimate of drug-likeness (QED) is 0.844. The molecule has 1 heterocycles. The molecule has 1 saturated heterocycles. The highest BCUT2D eigenvalue weighted by molar-refractivity contribution is 5.78. The summed E-state index contributed by atoms with van der Waals surface area (Å²) in [6.07, 6.45) is 2.07. The van der Waals surface area contributed by atoms with Crippen molar-refractivity contribution in [2.75, 3.05) is 20.2 Å². The molecule has 1 aromatic carbocycles. The van der Waals surface area contributed by atoms with Crippen molar-refractivity contribution in [1.29, 1.82) is 0 Å².